The van der Waals surface area contributed by atoms with Crippen molar-refractivity contribution in [1.29, 1.82) is 0 Å². The van der Waals surface area contributed by atoms with Crippen molar-refractivity contribution >= 4 is 34.3 Å². The van der Waals surface area contributed by atoms with E-state index in [1.165, 1.54) is 19.2 Å². The van der Waals surface area contributed by atoms with Gasteiger partial charge in [-0.3, -0.25) is 15.2 Å². The lowest BCUT2D eigenvalue weighted by Crippen LogP contribution is -2.24. The monoisotopic (exact) mass is 515 g/mol. The van der Waals surface area contributed by atoms with Gasteiger partial charge in [0, 0.05) is 13.1 Å². The second-order valence-corrected chi connectivity index (χ2v) is 8.82. The maximum Gasteiger partial charge on any atom is 0.258 e. The molecule has 0 aliphatic rings. The summed E-state index contributed by atoms with van der Waals surface area (Å²) < 4.78 is 20.3. The first-order valence-electron chi connectivity index (χ1n) is 11.9. The number of hydrazine groups is 2. The molecule has 0 saturated heterocycles. The standard InChI is InChI=1S/C29H30FN5O3/c1-18-6-5-7-21(14-18)34-35(3)22-9-12-27(28(17-22)38-4)31-29(37)24-11-8-20(16-25(24)30)32-33-26-13-10-23(36)15-19(26)2/h5-17,32-34,36H,1-4H3,(H,31,37). The van der Waals surface area contributed by atoms with Crippen molar-refractivity contribution < 1.29 is 19.0 Å². The first kappa shape index (κ1) is 26.2. The Kier molecular flexibility index (Phi) is 7.86. The maximum absolute atomic E-state index is 14.8. The van der Waals surface area contributed by atoms with Crippen LogP contribution in [0.5, 0.6) is 11.5 Å². The summed E-state index contributed by atoms with van der Waals surface area (Å²) in [5.74, 6) is -0.698. The van der Waals surface area contributed by atoms with Gasteiger partial charge in [0.1, 0.15) is 17.3 Å². The highest BCUT2D eigenvalue weighted by Gasteiger charge is 2.16. The Hall–Kier alpha value is -4.92. The Bertz CT molecular complexity index is 1460. The summed E-state index contributed by atoms with van der Waals surface area (Å²) in [7, 11) is 3.38. The van der Waals surface area contributed by atoms with Crippen LogP contribution in [0.25, 0.3) is 0 Å². The summed E-state index contributed by atoms with van der Waals surface area (Å²) in [6.45, 7) is 3.85. The fourth-order valence-corrected chi connectivity index (χ4v) is 3.86. The molecule has 4 aromatic rings. The number of halogens is 1. The minimum absolute atomic E-state index is 0.110. The van der Waals surface area contributed by atoms with E-state index in [0.717, 1.165) is 28.2 Å². The van der Waals surface area contributed by atoms with Crippen LogP contribution in [0.3, 0.4) is 0 Å². The minimum atomic E-state index is -0.686. The van der Waals surface area contributed by atoms with E-state index in [0.29, 0.717) is 17.1 Å². The van der Waals surface area contributed by atoms with Gasteiger partial charge in [-0.15, -0.1) is 0 Å². The molecule has 4 aromatic carbocycles. The van der Waals surface area contributed by atoms with Gasteiger partial charge >= 0.3 is 0 Å². The van der Waals surface area contributed by atoms with Crippen LogP contribution >= 0.6 is 0 Å². The van der Waals surface area contributed by atoms with Gasteiger partial charge in [0.05, 0.1) is 41.1 Å². The van der Waals surface area contributed by atoms with Crippen molar-refractivity contribution in [1.82, 2.24) is 0 Å². The summed E-state index contributed by atoms with van der Waals surface area (Å²) in [6, 6.07) is 22.4. The largest absolute Gasteiger partial charge is 0.508 e. The highest BCUT2D eigenvalue weighted by molar-refractivity contribution is 6.05. The van der Waals surface area contributed by atoms with E-state index in [1.807, 2.05) is 56.2 Å². The molecule has 5 N–H and O–H groups in total. The number of hydrogen-bond donors (Lipinski definition) is 5. The molecule has 0 aromatic heterocycles. The number of phenolic OH excluding ortho intramolecular Hbond substituents is 1. The average Bonchev–Trinajstić information content (AvgIpc) is 2.88. The van der Waals surface area contributed by atoms with Crippen molar-refractivity contribution in [2.75, 3.05) is 40.8 Å². The third kappa shape index (κ3) is 6.25. The number of phenols is 1. The lowest BCUT2D eigenvalue weighted by atomic mass is 10.1. The van der Waals surface area contributed by atoms with E-state index in [1.54, 1.807) is 36.4 Å². The van der Waals surface area contributed by atoms with Gasteiger partial charge in [0.25, 0.3) is 5.91 Å². The molecular weight excluding hydrogens is 485 g/mol. The maximum atomic E-state index is 14.8. The predicted octanol–water partition coefficient (Wildman–Crippen LogP) is 6.31. The Morgan fingerprint density at radius 1 is 0.895 bits per heavy atom. The molecule has 0 atom stereocenters. The van der Waals surface area contributed by atoms with Gasteiger partial charge in [-0.05, 0) is 85.6 Å². The van der Waals surface area contributed by atoms with Crippen LogP contribution in [0, 0.1) is 19.7 Å². The van der Waals surface area contributed by atoms with Gasteiger partial charge in [-0.25, -0.2) is 4.39 Å². The molecule has 0 radical (unpaired) electrons. The number of carbonyl (C=O) groups excluding carboxylic acids is 1. The van der Waals surface area contributed by atoms with E-state index >= 15 is 0 Å². The Morgan fingerprint density at radius 2 is 1.68 bits per heavy atom. The SMILES string of the molecule is COc1cc(N(C)Nc2cccc(C)c2)ccc1NC(=O)c1ccc(NNc2ccc(O)cc2C)cc1F. The molecule has 0 spiro atoms. The van der Waals surface area contributed by atoms with Crippen LogP contribution in [0.15, 0.2) is 78.9 Å². The Balaban J connectivity index is 1.43. The van der Waals surface area contributed by atoms with Crippen LogP contribution in [-0.2, 0) is 0 Å². The number of aromatic hydroxyl groups is 1. The molecule has 0 aliphatic heterocycles. The second kappa shape index (κ2) is 11.4. The fourth-order valence-electron chi connectivity index (χ4n) is 3.86. The topological polar surface area (TPSA) is 97.9 Å². The van der Waals surface area contributed by atoms with Gasteiger partial charge < -0.3 is 26.0 Å². The molecule has 0 heterocycles. The van der Waals surface area contributed by atoms with Crippen molar-refractivity contribution in [3.8, 4) is 11.5 Å². The summed E-state index contributed by atoms with van der Waals surface area (Å²) in [5, 5.41) is 14.1. The van der Waals surface area contributed by atoms with Gasteiger partial charge in [0.15, 0.2) is 0 Å². The first-order chi connectivity index (χ1) is 18.2. The number of amides is 1. The van der Waals surface area contributed by atoms with E-state index in [9.17, 15) is 14.3 Å². The third-order valence-electron chi connectivity index (χ3n) is 5.90. The molecule has 196 valence electrons. The van der Waals surface area contributed by atoms with Crippen molar-refractivity contribution in [2.24, 2.45) is 0 Å². The van der Waals surface area contributed by atoms with Crippen molar-refractivity contribution in [2.45, 2.75) is 13.8 Å². The zero-order valence-corrected chi connectivity index (χ0v) is 21.6. The lowest BCUT2D eigenvalue weighted by Gasteiger charge is -2.23. The number of hydrogen-bond acceptors (Lipinski definition) is 7. The van der Waals surface area contributed by atoms with Crippen LogP contribution in [0.4, 0.5) is 32.8 Å². The number of carbonyl (C=O) groups is 1. The third-order valence-corrected chi connectivity index (χ3v) is 5.90. The zero-order chi connectivity index (χ0) is 27.2. The van der Waals surface area contributed by atoms with E-state index < -0.39 is 11.7 Å². The summed E-state index contributed by atoms with van der Waals surface area (Å²) in [5.41, 5.74) is 14.3. The number of rotatable bonds is 9. The average molecular weight is 516 g/mol. The quantitative estimate of drug-likeness (QED) is 0.132. The molecule has 1 amide bonds. The summed E-state index contributed by atoms with van der Waals surface area (Å²) in [4.78, 5) is 12.9. The fraction of sp³-hybridized carbons (Fsp3) is 0.138. The van der Waals surface area contributed by atoms with E-state index in [-0.39, 0.29) is 11.3 Å². The molecule has 8 nitrogen and oxygen atoms in total. The van der Waals surface area contributed by atoms with Crippen LogP contribution in [-0.4, -0.2) is 25.2 Å². The number of anilines is 5. The van der Waals surface area contributed by atoms with Gasteiger partial charge in [-0.1, -0.05) is 12.1 Å². The van der Waals surface area contributed by atoms with Crippen molar-refractivity contribution in [3.63, 3.8) is 0 Å². The number of nitrogens with one attached hydrogen (secondary N) is 4. The summed E-state index contributed by atoms with van der Waals surface area (Å²) in [6.07, 6.45) is 0. The number of ether oxygens (including phenoxy) is 1. The lowest BCUT2D eigenvalue weighted by molar-refractivity contribution is 0.102. The molecular formula is C29H30FN5O3. The second-order valence-electron chi connectivity index (χ2n) is 8.82. The van der Waals surface area contributed by atoms with Gasteiger partial charge in [0.2, 0.25) is 0 Å². The highest BCUT2D eigenvalue weighted by atomic mass is 19.1. The Morgan fingerprint density at radius 3 is 2.39 bits per heavy atom. The number of benzene rings is 4. The highest BCUT2D eigenvalue weighted by Crippen LogP contribution is 2.30. The summed E-state index contributed by atoms with van der Waals surface area (Å²) >= 11 is 0. The molecule has 0 unspecified atom stereocenters. The molecule has 4 rings (SSSR count). The minimum Gasteiger partial charge on any atom is -0.508 e. The van der Waals surface area contributed by atoms with Crippen LogP contribution < -0.4 is 31.3 Å². The molecule has 0 fully saturated rings. The number of nitrogens with zero attached hydrogens (tertiary/aromatic N) is 1. The normalized spacial score (nSPS) is 10.4. The van der Waals surface area contributed by atoms with Crippen LogP contribution in [0.2, 0.25) is 0 Å². The zero-order valence-electron chi connectivity index (χ0n) is 21.6. The van der Waals surface area contributed by atoms with E-state index in [4.69, 9.17) is 4.74 Å². The molecule has 0 aliphatic carbocycles. The molecule has 38 heavy (non-hydrogen) atoms. The number of aryl methyl sites for hydroxylation is 2. The molecule has 0 bridgehead atoms. The van der Waals surface area contributed by atoms with E-state index in [2.05, 4.69) is 21.6 Å². The predicted molar refractivity (Wildman–Crippen MR) is 151 cm³/mol. The first-order valence-corrected chi connectivity index (χ1v) is 11.9. The number of methoxy groups -OCH3 is 1. The Labute approximate surface area is 221 Å². The molecule has 9 heteroatoms. The molecule has 0 saturated carbocycles. The van der Waals surface area contributed by atoms with Gasteiger partial charge in [-0.2, -0.15) is 0 Å². The smallest absolute Gasteiger partial charge is 0.258 e. The van der Waals surface area contributed by atoms with Crippen LogP contribution in [0.1, 0.15) is 21.5 Å². The van der Waals surface area contributed by atoms with Crippen molar-refractivity contribution in [3.05, 3.63) is 101 Å².